The molecule has 2 heteroatoms. The first-order chi connectivity index (χ1) is 7.77. The fraction of sp³-hybridized carbons (Fsp3) is 0.571. The van der Waals surface area contributed by atoms with E-state index in [1.807, 2.05) is 0 Å². The Morgan fingerprint density at radius 2 is 1.81 bits per heavy atom. The van der Waals surface area contributed by atoms with E-state index in [2.05, 4.69) is 40.2 Å². The zero-order valence-electron chi connectivity index (χ0n) is 9.71. The third-order valence-electron chi connectivity index (χ3n) is 3.89. The first-order valence-corrected chi connectivity index (χ1v) is 7.02. The van der Waals surface area contributed by atoms with E-state index >= 15 is 0 Å². The first kappa shape index (κ1) is 12.1. The monoisotopic (exact) mass is 281 g/mol. The molecule has 1 aliphatic carbocycles. The van der Waals surface area contributed by atoms with Gasteiger partial charge >= 0.3 is 0 Å². The fourth-order valence-corrected chi connectivity index (χ4v) is 3.23. The maximum atomic E-state index is 6.07. The van der Waals surface area contributed by atoms with Crippen molar-refractivity contribution in [2.75, 3.05) is 6.54 Å². The first-order valence-electron chi connectivity index (χ1n) is 6.23. The van der Waals surface area contributed by atoms with Crippen molar-refractivity contribution in [1.82, 2.24) is 0 Å². The van der Waals surface area contributed by atoms with Crippen LogP contribution in [0.5, 0.6) is 0 Å². The van der Waals surface area contributed by atoms with E-state index < -0.39 is 0 Å². The quantitative estimate of drug-likeness (QED) is 0.815. The van der Waals surface area contributed by atoms with Crippen molar-refractivity contribution < 1.29 is 0 Å². The van der Waals surface area contributed by atoms with Crippen LogP contribution in [0.25, 0.3) is 0 Å². The zero-order valence-corrected chi connectivity index (χ0v) is 11.3. The van der Waals surface area contributed by atoms with E-state index in [1.165, 1.54) is 48.6 Å². The molecule has 1 fully saturated rings. The molecule has 1 nitrogen and oxygen atoms in total. The van der Waals surface area contributed by atoms with Crippen LogP contribution in [0.2, 0.25) is 0 Å². The van der Waals surface area contributed by atoms with Crippen LogP contribution in [-0.4, -0.2) is 6.54 Å². The van der Waals surface area contributed by atoms with Gasteiger partial charge in [0.1, 0.15) is 0 Å². The van der Waals surface area contributed by atoms with Gasteiger partial charge in [-0.25, -0.2) is 0 Å². The Kier molecular flexibility index (Phi) is 4.04. The topological polar surface area (TPSA) is 26.0 Å². The summed E-state index contributed by atoms with van der Waals surface area (Å²) in [5, 5.41) is 0. The van der Waals surface area contributed by atoms with Gasteiger partial charge in [-0.15, -0.1) is 0 Å². The molecule has 1 aromatic rings. The molecule has 0 atom stereocenters. The molecule has 88 valence electrons. The smallest absolute Gasteiger partial charge is 0.0178 e. The molecule has 0 spiro atoms. The average Bonchev–Trinajstić information content (AvgIpc) is 2.55. The summed E-state index contributed by atoms with van der Waals surface area (Å²) < 4.78 is 1.17. The van der Waals surface area contributed by atoms with Gasteiger partial charge in [-0.05, 0) is 30.5 Å². The average molecular weight is 282 g/mol. The van der Waals surface area contributed by atoms with Gasteiger partial charge in [-0.2, -0.15) is 0 Å². The number of hydrogen-bond donors (Lipinski definition) is 1. The van der Waals surface area contributed by atoms with Crippen LogP contribution in [0, 0.1) is 0 Å². The molecule has 16 heavy (non-hydrogen) atoms. The van der Waals surface area contributed by atoms with Crippen molar-refractivity contribution in [3.63, 3.8) is 0 Å². The molecule has 1 saturated carbocycles. The molecule has 0 aliphatic heterocycles. The third kappa shape index (κ3) is 2.49. The van der Waals surface area contributed by atoms with Gasteiger partial charge in [0.05, 0.1) is 0 Å². The second kappa shape index (κ2) is 5.33. The van der Waals surface area contributed by atoms with Crippen LogP contribution in [-0.2, 0) is 5.41 Å². The lowest BCUT2D eigenvalue weighted by molar-refractivity contribution is 0.381. The lowest BCUT2D eigenvalue weighted by atomic mass is 9.74. The second-order valence-electron chi connectivity index (χ2n) is 4.91. The van der Waals surface area contributed by atoms with Crippen molar-refractivity contribution >= 4 is 15.9 Å². The Morgan fingerprint density at radius 1 is 1.12 bits per heavy atom. The minimum atomic E-state index is 0.236. The minimum Gasteiger partial charge on any atom is -0.330 e. The molecule has 1 aromatic carbocycles. The molecular weight excluding hydrogens is 262 g/mol. The highest BCUT2D eigenvalue weighted by Gasteiger charge is 2.31. The Hall–Kier alpha value is -0.340. The lowest BCUT2D eigenvalue weighted by Crippen LogP contribution is -2.34. The number of rotatable bonds is 2. The van der Waals surface area contributed by atoms with Gasteiger partial charge in [0, 0.05) is 16.4 Å². The number of halogens is 1. The van der Waals surface area contributed by atoms with E-state index in [4.69, 9.17) is 5.73 Å². The Bertz CT molecular complexity index is 340. The largest absolute Gasteiger partial charge is 0.330 e. The van der Waals surface area contributed by atoms with Crippen molar-refractivity contribution in [1.29, 1.82) is 0 Å². The Labute approximate surface area is 107 Å². The van der Waals surface area contributed by atoms with Crippen LogP contribution < -0.4 is 5.73 Å². The Morgan fingerprint density at radius 3 is 2.38 bits per heavy atom. The van der Waals surface area contributed by atoms with Gasteiger partial charge in [0.15, 0.2) is 0 Å². The van der Waals surface area contributed by atoms with E-state index in [1.54, 1.807) is 0 Å². The molecule has 0 unspecified atom stereocenters. The minimum absolute atomic E-state index is 0.236. The maximum Gasteiger partial charge on any atom is 0.0178 e. The van der Waals surface area contributed by atoms with Crippen molar-refractivity contribution in [2.45, 2.75) is 43.9 Å². The predicted octanol–water partition coefficient (Wildman–Crippen LogP) is 4.00. The van der Waals surface area contributed by atoms with E-state index in [0.29, 0.717) is 0 Å². The molecule has 0 amide bonds. The van der Waals surface area contributed by atoms with Crippen molar-refractivity contribution in [3.8, 4) is 0 Å². The molecule has 0 saturated heterocycles. The summed E-state index contributed by atoms with van der Waals surface area (Å²) in [5.74, 6) is 0. The zero-order chi connectivity index (χ0) is 11.4. The number of benzene rings is 1. The number of nitrogens with two attached hydrogens (primary N) is 1. The molecule has 0 radical (unpaired) electrons. The number of hydrogen-bond acceptors (Lipinski definition) is 1. The Balaban J connectivity index is 2.31. The summed E-state index contributed by atoms with van der Waals surface area (Å²) in [6.45, 7) is 0.781. The highest BCUT2D eigenvalue weighted by atomic mass is 79.9. The van der Waals surface area contributed by atoms with Crippen LogP contribution in [0.15, 0.2) is 28.7 Å². The summed E-state index contributed by atoms with van der Waals surface area (Å²) in [5.41, 5.74) is 7.73. The van der Waals surface area contributed by atoms with Crippen LogP contribution in [0.4, 0.5) is 0 Å². The van der Waals surface area contributed by atoms with Gasteiger partial charge < -0.3 is 5.73 Å². The fourth-order valence-electron chi connectivity index (χ4n) is 2.83. The van der Waals surface area contributed by atoms with Gasteiger partial charge in [0.25, 0.3) is 0 Å². The summed E-state index contributed by atoms with van der Waals surface area (Å²) in [6.07, 6.45) is 7.89. The summed E-state index contributed by atoms with van der Waals surface area (Å²) >= 11 is 3.56. The highest BCUT2D eigenvalue weighted by Crippen LogP contribution is 2.38. The van der Waals surface area contributed by atoms with E-state index in [-0.39, 0.29) is 5.41 Å². The SMILES string of the molecule is NCC1(c2cccc(Br)c2)CCCCCC1. The molecule has 0 heterocycles. The van der Waals surface area contributed by atoms with Gasteiger partial charge in [-0.3, -0.25) is 0 Å². The summed E-state index contributed by atoms with van der Waals surface area (Å²) in [7, 11) is 0. The van der Waals surface area contributed by atoms with Crippen LogP contribution in [0.1, 0.15) is 44.1 Å². The third-order valence-corrected chi connectivity index (χ3v) is 4.38. The summed E-state index contributed by atoms with van der Waals surface area (Å²) in [4.78, 5) is 0. The van der Waals surface area contributed by atoms with Gasteiger partial charge in [-0.1, -0.05) is 53.7 Å². The van der Waals surface area contributed by atoms with E-state index in [9.17, 15) is 0 Å². The molecule has 2 rings (SSSR count). The molecular formula is C14H20BrN. The van der Waals surface area contributed by atoms with Crippen molar-refractivity contribution in [2.24, 2.45) is 5.73 Å². The molecule has 0 aromatic heterocycles. The normalized spacial score (nSPS) is 20.4. The molecule has 1 aliphatic rings. The molecule has 2 N–H and O–H groups in total. The standard InChI is InChI=1S/C14H20BrN/c15-13-7-5-6-12(10-13)14(11-16)8-3-1-2-4-9-14/h5-7,10H,1-4,8-9,11,16H2. The van der Waals surface area contributed by atoms with E-state index in [0.717, 1.165) is 6.54 Å². The lowest BCUT2D eigenvalue weighted by Gasteiger charge is -2.32. The maximum absolute atomic E-state index is 6.07. The summed E-state index contributed by atoms with van der Waals surface area (Å²) in [6, 6.07) is 8.70. The highest BCUT2D eigenvalue weighted by molar-refractivity contribution is 9.10. The second-order valence-corrected chi connectivity index (χ2v) is 5.82. The van der Waals surface area contributed by atoms with Crippen LogP contribution >= 0.6 is 15.9 Å². The molecule has 0 bridgehead atoms. The van der Waals surface area contributed by atoms with Crippen LogP contribution in [0.3, 0.4) is 0 Å². The predicted molar refractivity (Wildman–Crippen MR) is 72.6 cm³/mol. The van der Waals surface area contributed by atoms with Gasteiger partial charge in [0.2, 0.25) is 0 Å². The van der Waals surface area contributed by atoms with Crippen molar-refractivity contribution in [3.05, 3.63) is 34.3 Å².